The molecule has 1 aromatic rings. The minimum absolute atomic E-state index is 0.225. The monoisotopic (exact) mass is 362 g/mol. The number of allylic oxidation sites excluding steroid dienone is 1. The third-order valence-corrected chi connectivity index (χ3v) is 2.91. The van der Waals surface area contributed by atoms with Crippen molar-refractivity contribution < 1.29 is 19.1 Å². The molecule has 0 aliphatic rings. The van der Waals surface area contributed by atoms with Gasteiger partial charge in [-0.2, -0.15) is 0 Å². The SMILES string of the molecule is CCOC(=O)/C(C(C)=Nc1ccc(NC(=O)OC(C)(C)C)nc1)=C(\C)N. The molecule has 0 aromatic carbocycles. The molecule has 0 bridgehead atoms. The molecule has 0 aliphatic carbocycles. The maximum atomic E-state index is 12.0. The minimum Gasteiger partial charge on any atom is -0.462 e. The summed E-state index contributed by atoms with van der Waals surface area (Å²) in [6.45, 7) is 10.6. The van der Waals surface area contributed by atoms with Crippen LogP contribution in [-0.4, -0.2) is 35.0 Å². The molecule has 142 valence electrons. The topological polar surface area (TPSA) is 116 Å². The first-order chi connectivity index (χ1) is 12.0. The Morgan fingerprint density at radius 2 is 1.92 bits per heavy atom. The van der Waals surface area contributed by atoms with Crippen LogP contribution < -0.4 is 11.1 Å². The van der Waals surface area contributed by atoms with Gasteiger partial charge in [-0.15, -0.1) is 0 Å². The summed E-state index contributed by atoms with van der Waals surface area (Å²) in [6.07, 6.45) is 0.869. The van der Waals surface area contributed by atoms with Crippen molar-refractivity contribution in [1.82, 2.24) is 4.98 Å². The van der Waals surface area contributed by atoms with Crippen molar-refractivity contribution in [1.29, 1.82) is 0 Å². The Labute approximate surface area is 153 Å². The Bertz CT molecular complexity index is 712. The van der Waals surface area contributed by atoms with Gasteiger partial charge in [0.15, 0.2) is 0 Å². The molecule has 0 radical (unpaired) electrons. The first-order valence-electron chi connectivity index (χ1n) is 8.18. The molecular formula is C18H26N4O4. The lowest BCUT2D eigenvalue weighted by Gasteiger charge is -2.19. The molecule has 1 rings (SSSR count). The van der Waals surface area contributed by atoms with E-state index in [0.717, 1.165) is 0 Å². The number of nitrogens with one attached hydrogen (secondary N) is 1. The van der Waals surface area contributed by atoms with Crippen LogP contribution in [0.5, 0.6) is 0 Å². The van der Waals surface area contributed by atoms with Gasteiger partial charge in [-0.1, -0.05) is 0 Å². The van der Waals surface area contributed by atoms with Gasteiger partial charge in [0, 0.05) is 5.70 Å². The summed E-state index contributed by atoms with van der Waals surface area (Å²) in [4.78, 5) is 32.1. The van der Waals surface area contributed by atoms with E-state index in [1.807, 2.05) is 0 Å². The number of amides is 1. The van der Waals surface area contributed by atoms with Crippen molar-refractivity contribution >= 4 is 29.3 Å². The number of esters is 1. The first-order valence-corrected chi connectivity index (χ1v) is 8.18. The van der Waals surface area contributed by atoms with Gasteiger partial charge < -0.3 is 15.2 Å². The number of aromatic nitrogens is 1. The summed E-state index contributed by atoms with van der Waals surface area (Å²) < 4.78 is 10.1. The normalized spacial score (nSPS) is 12.9. The molecule has 0 unspecified atom stereocenters. The van der Waals surface area contributed by atoms with Crippen molar-refractivity contribution in [2.45, 2.75) is 47.1 Å². The van der Waals surface area contributed by atoms with E-state index in [9.17, 15) is 9.59 Å². The number of carbonyl (C=O) groups is 2. The molecule has 8 heteroatoms. The van der Waals surface area contributed by atoms with E-state index in [2.05, 4.69) is 15.3 Å². The Hall–Kier alpha value is -2.90. The maximum absolute atomic E-state index is 12.0. The standard InChI is InChI=1S/C18H26N4O4/c1-7-25-16(23)15(11(2)19)12(3)21-13-8-9-14(20-10-13)22-17(24)26-18(4,5)6/h8-10H,7,19H2,1-6H3,(H,20,22,24)/b15-11+,21-12?. The number of aliphatic imine (C=N–C) groups is 1. The quantitative estimate of drug-likeness (QED) is 0.471. The molecular weight excluding hydrogens is 336 g/mol. The first kappa shape index (κ1) is 21.1. The highest BCUT2D eigenvalue weighted by molar-refractivity contribution is 6.19. The van der Waals surface area contributed by atoms with Crippen molar-refractivity contribution in [3.05, 3.63) is 29.6 Å². The van der Waals surface area contributed by atoms with E-state index in [1.165, 1.54) is 6.20 Å². The number of rotatable bonds is 5. The summed E-state index contributed by atoms with van der Waals surface area (Å²) in [7, 11) is 0. The van der Waals surface area contributed by atoms with E-state index < -0.39 is 17.7 Å². The smallest absolute Gasteiger partial charge is 0.413 e. The largest absolute Gasteiger partial charge is 0.462 e. The molecule has 0 saturated carbocycles. The van der Waals surface area contributed by atoms with Crippen LogP contribution in [0, 0.1) is 0 Å². The molecule has 0 atom stereocenters. The van der Waals surface area contributed by atoms with E-state index in [4.69, 9.17) is 15.2 Å². The highest BCUT2D eigenvalue weighted by atomic mass is 16.6. The average Bonchev–Trinajstić information content (AvgIpc) is 2.47. The van der Waals surface area contributed by atoms with E-state index in [1.54, 1.807) is 53.7 Å². The zero-order valence-electron chi connectivity index (χ0n) is 16.0. The second-order valence-corrected chi connectivity index (χ2v) is 6.50. The van der Waals surface area contributed by atoms with Crippen molar-refractivity contribution in [2.75, 3.05) is 11.9 Å². The third-order valence-electron chi connectivity index (χ3n) is 2.91. The second kappa shape index (κ2) is 8.98. The summed E-state index contributed by atoms with van der Waals surface area (Å²) in [5, 5.41) is 2.53. The van der Waals surface area contributed by atoms with Crippen LogP contribution in [0.4, 0.5) is 16.3 Å². The number of anilines is 1. The van der Waals surface area contributed by atoms with Crippen molar-refractivity contribution in [3.63, 3.8) is 0 Å². The molecule has 0 aliphatic heterocycles. The molecule has 3 N–H and O–H groups in total. The highest BCUT2D eigenvalue weighted by Crippen LogP contribution is 2.17. The maximum Gasteiger partial charge on any atom is 0.413 e. The fraction of sp³-hybridized carbons (Fsp3) is 0.444. The van der Waals surface area contributed by atoms with E-state index in [-0.39, 0.29) is 12.2 Å². The summed E-state index contributed by atoms with van der Waals surface area (Å²) >= 11 is 0. The fourth-order valence-electron chi connectivity index (χ4n) is 1.98. The van der Waals surface area contributed by atoms with Crippen LogP contribution in [0.2, 0.25) is 0 Å². The molecule has 0 spiro atoms. The van der Waals surface area contributed by atoms with Gasteiger partial charge in [0.25, 0.3) is 0 Å². The number of hydrogen-bond acceptors (Lipinski definition) is 7. The number of hydrogen-bond donors (Lipinski definition) is 2. The van der Waals surface area contributed by atoms with E-state index in [0.29, 0.717) is 22.9 Å². The van der Waals surface area contributed by atoms with Crippen molar-refractivity contribution in [3.8, 4) is 0 Å². The van der Waals surface area contributed by atoms with E-state index >= 15 is 0 Å². The van der Waals surface area contributed by atoms with Crippen LogP contribution in [0.1, 0.15) is 41.5 Å². The highest BCUT2D eigenvalue weighted by Gasteiger charge is 2.17. The van der Waals surface area contributed by atoms with Gasteiger partial charge in [0.2, 0.25) is 0 Å². The predicted octanol–water partition coefficient (Wildman–Crippen LogP) is 3.32. The Kier molecular flexibility index (Phi) is 7.30. The lowest BCUT2D eigenvalue weighted by Crippen LogP contribution is -2.27. The number of nitrogens with two attached hydrogens (primary N) is 1. The van der Waals surface area contributed by atoms with Crippen LogP contribution >= 0.6 is 0 Å². The third kappa shape index (κ3) is 6.92. The lowest BCUT2D eigenvalue weighted by molar-refractivity contribution is -0.137. The molecule has 1 amide bonds. The molecule has 8 nitrogen and oxygen atoms in total. The van der Waals surface area contributed by atoms with Crippen LogP contribution in [0.25, 0.3) is 0 Å². The minimum atomic E-state index is -0.596. The molecule has 1 aromatic heterocycles. The summed E-state index contributed by atoms with van der Waals surface area (Å²) in [6, 6.07) is 3.23. The van der Waals surface area contributed by atoms with Gasteiger partial charge in [0.05, 0.1) is 29.8 Å². The van der Waals surface area contributed by atoms with Crippen LogP contribution in [-0.2, 0) is 14.3 Å². The average molecular weight is 362 g/mol. The lowest BCUT2D eigenvalue weighted by atomic mass is 10.1. The van der Waals surface area contributed by atoms with Gasteiger partial charge in [-0.25, -0.2) is 14.6 Å². The van der Waals surface area contributed by atoms with Crippen LogP contribution in [0.15, 0.2) is 34.6 Å². The number of pyridine rings is 1. The number of nitrogens with zero attached hydrogens (tertiary/aromatic N) is 2. The van der Waals surface area contributed by atoms with Crippen LogP contribution in [0.3, 0.4) is 0 Å². The summed E-state index contributed by atoms with van der Waals surface area (Å²) in [5.41, 5.74) is 6.64. The zero-order valence-corrected chi connectivity index (χ0v) is 16.0. The molecule has 0 saturated heterocycles. The molecule has 1 heterocycles. The molecule has 0 fully saturated rings. The Morgan fingerprint density at radius 3 is 2.38 bits per heavy atom. The second-order valence-electron chi connectivity index (χ2n) is 6.50. The number of ether oxygens (including phenoxy) is 2. The fourth-order valence-corrected chi connectivity index (χ4v) is 1.98. The Morgan fingerprint density at radius 1 is 1.27 bits per heavy atom. The van der Waals surface area contributed by atoms with Gasteiger partial charge >= 0.3 is 12.1 Å². The van der Waals surface area contributed by atoms with Crippen molar-refractivity contribution in [2.24, 2.45) is 10.7 Å². The van der Waals surface area contributed by atoms with Gasteiger partial charge in [-0.05, 0) is 53.7 Å². The summed E-state index contributed by atoms with van der Waals surface area (Å²) in [5.74, 6) is -0.197. The zero-order chi connectivity index (χ0) is 19.9. The predicted molar refractivity (Wildman–Crippen MR) is 100 cm³/mol. The van der Waals surface area contributed by atoms with Gasteiger partial charge in [-0.3, -0.25) is 10.3 Å². The Balaban J connectivity index is 2.91. The number of carbonyl (C=O) groups excluding carboxylic acids is 2. The van der Waals surface area contributed by atoms with Gasteiger partial charge in [0.1, 0.15) is 11.4 Å². The molecule has 26 heavy (non-hydrogen) atoms.